The van der Waals surface area contributed by atoms with Gasteiger partial charge in [0.25, 0.3) is 0 Å². The lowest BCUT2D eigenvalue weighted by molar-refractivity contribution is 0.0275. The summed E-state index contributed by atoms with van der Waals surface area (Å²) in [7, 11) is 0. The molecule has 9 heteroatoms. The zero-order chi connectivity index (χ0) is 23.8. The predicted molar refractivity (Wildman–Crippen MR) is 124 cm³/mol. The van der Waals surface area contributed by atoms with Crippen LogP contribution in [0.3, 0.4) is 0 Å². The number of amides is 1. The molecule has 4 aliphatic heterocycles. The monoisotopic (exact) mass is 452 g/mol. The Morgan fingerprint density at radius 2 is 1.52 bits per heavy atom. The van der Waals surface area contributed by atoms with Gasteiger partial charge in [-0.1, -0.05) is 0 Å². The molecule has 178 valence electrons. The zero-order valence-corrected chi connectivity index (χ0v) is 20.4. The summed E-state index contributed by atoms with van der Waals surface area (Å²) in [5.74, 6) is 0. The topological polar surface area (TPSA) is 95.4 Å². The van der Waals surface area contributed by atoms with E-state index in [1.54, 1.807) is 6.07 Å². The number of hydrogen-bond donors (Lipinski definition) is 0. The van der Waals surface area contributed by atoms with Crippen LogP contribution in [-0.4, -0.2) is 97.8 Å². The largest absolute Gasteiger partial charge is 0.346 e. The molecule has 0 saturated carbocycles. The summed E-state index contributed by atoms with van der Waals surface area (Å²) in [5.41, 5.74) is 0.495. The minimum Gasteiger partial charge on any atom is -0.316 e. The summed E-state index contributed by atoms with van der Waals surface area (Å²) in [6, 6.07) is 4.54. The summed E-state index contributed by atoms with van der Waals surface area (Å²) >= 11 is 0. The van der Waals surface area contributed by atoms with Crippen molar-refractivity contribution in [3.05, 3.63) is 18.0 Å². The highest BCUT2D eigenvalue weighted by atomic mass is 16.2. The van der Waals surface area contributed by atoms with Crippen LogP contribution in [0.25, 0.3) is 0 Å². The van der Waals surface area contributed by atoms with E-state index in [0.717, 1.165) is 52.1 Å². The van der Waals surface area contributed by atoms with Crippen molar-refractivity contribution in [2.45, 2.75) is 76.5 Å². The normalized spacial score (nSPS) is 29.1. The molecule has 2 atom stereocenters. The Kier molecular flexibility index (Phi) is 6.39. The molecule has 5 heterocycles. The fourth-order valence-electron chi connectivity index (χ4n) is 5.70. The molecular weight excluding hydrogens is 416 g/mol. The molecule has 4 aliphatic rings. The zero-order valence-electron chi connectivity index (χ0n) is 20.4. The Labute approximate surface area is 197 Å². The van der Waals surface area contributed by atoms with E-state index in [2.05, 4.69) is 48.8 Å². The van der Waals surface area contributed by atoms with Crippen LogP contribution in [0.2, 0.25) is 0 Å². The van der Waals surface area contributed by atoms with Crippen molar-refractivity contribution in [1.29, 1.82) is 10.5 Å². The number of nitriles is 2. The van der Waals surface area contributed by atoms with Crippen LogP contribution in [0.1, 0.15) is 59.1 Å². The van der Waals surface area contributed by atoms with Crippen molar-refractivity contribution in [2.75, 3.05) is 39.3 Å². The maximum absolute atomic E-state index is 12.6. The number of rotatable bonds is 2. The van der Waals surface area contributed by atoms with Crippen molar-refractivity contribution in [3.8, 4) is 12.3 Å². The van der Waals surface area contributed by atoms with Gasteiger partial charge in [-0.2, -0.15) is 20.3 Å². The van der Waals surface area contributed by atoms with Crippen molar-refractivity contribution >= 4 is 6.03 Å². The van der Waals surface area contributed by atoms with Gasteiger partial charge in [0.05, 0.1) is 17.3 Å². The maximum Gasteiger partial charge on any atom is 0.346 e. The molecule has 0 radical (unpaired) electrons. The second kappa shape index (κ2) is 8.96. The second-order valence-electron chi connectivity index (χ2n) is 10.5. The van der Waals surface area contributed by atoms with Gasteiger partial charge >= 0.3 is 6.03 Å². The number of carbonyl (C=O) groups is 1. The molecule has 2 unspecified atom stereocenters. The highest BCUT2D eigenvalue weighted by molar-refractivity contribution is 5.79. The van der Waals surface area contributed by atoms with Crippen LogP contribution in [0.15, 0.2) is 12.3 Å². The van der Waals surface area contributed by atoms with E-state index in [1.165, 1.54) is 23.7 Å². The molecule has 0 N–H and O–H groups in total. The lowest BCUT2D eigenvalue weighted by atomic mass is 9.84. The van der Waals surface area contributed by atoms with Crippen molar-refractivity contribution in [3.63, 3.8) is 0 Å². The van der Waals surface area contributed by atoms with E-state index in [0.29, 0.717) is 17.8 Å². The first-order valence-electron chi connectivity index (χ1n) is 12.2. The molecular formula is C24H36N8O. The van der Waals surface area contributed by atoms with Crippen LogP contribution < -0.4 is 0 Å². The van der Waals surface area contributed by atoms with Crippen molar-refractivity contribution in [2.24, 2.45) is 0 Å². The van der Waals surface area contributed by atoms with E-state index in [9.17, 15) is 4.79 Å². The van der Waals surface area contributed by atoms with Gasteiger partial charge in [-0.05, 0) is 59.4 Å². The summed E-state index contributed by atoms with van der Waals surface area (Å²) < 4.78 is 1.22. The second-order valence-corrected chi connectivity index (χ2v) is 10.5. The standard InChI is InChI=1S/C14H19N5O.C10H17N3/c1-11(2)17-7-4-14(10-17)5-8-18(14)13(20)19-12(9-15)3-6-16-19;1-9(2)12-5-3-10(7-12)4-6-13(10)8-11/h3,6,11H,4-5,7-8,10H2,1-2H3;9H,3-7H2,1-2H3. The van der Waals surface area contributed by atoms with Gasteiger partial charge in [0.15, 0.2) is 6.19 Å². The Bertz CT molecular complexity index is 958. The van der Waals surface area contributed by atoms with Crippen LogP contribution in [-0.2, 0) is 0 Å². The molecule has 5 rings (SSSR count). The summed E-state index contributed by atoms with van der Waals surface area (Å²) in [6.07, 6.45) is 8.25. The molecule has 1 aromatic heterocycles. The molecule has 4 fully saturated rings. The first kappa shape index (κ1) is 23.5. The lowest BCUT2D eigenvalue weighted by Gasteiger charge is -2.50. The van der Waals surface area contributed by atoms with Gasteiger partial charge in [0.1, 0.15) is 11.8 Å². The van der Waals surface area contributed by atoms with Crippen LogP contribution in [0, 0.1) is 22.8 Å². The third kappa shape index (κ3) is 4.09. The van der Waals surface area contributed by atoms with Gasteiger partial charge in [0, 0.05) is 51.4 Å². The van der Waals surface area contributed by atoms with Crippen molar-refractivity contribution < 1.29 is 4.79 Å². The molecule has 0 aliphatic carbocycles. The number of aromatic nitrogens is 2. The van der Waals surface area contributed by atoms with Gasteiger partial charge in [-0.15, -0.1) is 0 Å². The van der Waals surface area contributed by atoms with Crippen molar-refractivity contribution in [1.82, 2.24) is 29.4 Å². The first-order chi connectivity index (χ1) is 15.7. The number of nitrogens with zero attached hydrogens (tertiary/aromatic N) is 8. The fourth-order valence-corrected chi connectivity index (χ4v) is 5.70. The molecule has 0 bridgehead atoms. The third-order valence-corrected chi connectivity index (χ3v) is 8.22. The summed E-state index contributed by atoms with van der Waals surface area (Å²) in [6.45, 7) is 14.8. The summed E-state index contributed by atoms with van der Waals surface area (Å²) in [4.78, 5) is 21.3. The average molecular weight is 453 g/mol. The number of hydrogen-bond acceptors (Lipinski definition) is 7. The van der Waals surface area contributed by atoms with E-state index in [1.807, 2.05) is 15.9 Å². The van der Waals surface area contributed by atoms with Crippen LogP contribution in [0.5, 0.6) is 0 Å². The molecule has 4 saturated heterocycles. The smallest absolute Gasteiger partial charge is 0.316 e. The van der Waals surface area contributed by atoms with Gasteiger partial charge < -0.3 is 9.80 Å². The average Bonchev–Trinajstić information content (AvgIpc) is 3.52. The Balaban J connectivity index is 0.000000172. The van der Waals surface area contributed by atoms with Gasteiger partial charge in [-0.3, -0.25) is 9.80 Å². The SMILES string of the molecule is CC(C)N1CCC2(CCN2C#N)C1.CC(C)N1CCC2(CCN2C(=O)n2nccc2C#N)C1. The summed E-state index contributed by atoms with van der Waals surface area (Å²) in [5, 5.41) is 21.9. The Morgan fingerprint density at radius 1 is 0.939 bits per heavy atom. The Hall–Kier alpha value is -2.62. The van der Waals surface area contributed by atoms with E-state index >= 15 is 0 Å². The van der Waals surface area contributed by atoms with E-state index < -0.39 is 0 Å². The van der Waals surface area contributed by atoms with E-state index in [-0.39, 0.29) is 17.1 Å². The quantitative estimate of drug-likeness (QED) is 0.636. The minimum absolute atomic E-state index is 0.0416. The molecule has 1 amide bonds. The van der Waals surface area contributed by atoms with Gasteiger partial charge in [0.2, 0.25) is 0 Å². The molecule has 2 spiro atoms. The third-order valence-electron chi connectivity index (χ3n) is 8.22. The highest BCUT2D eigenvalue weighted by Gasteiger charge is 2.52. The first-order valence-corrected chi connectivity index (χ1v) is 12.2. The van der Waals surface area contributed by atoms with Crippen LogP contribution >= 0.6 is 0 Å². The van der Waals surface area contributed by atoms with Gasteiger partial charge in [-0.25, -0.2) is 4.79 Å². The molecule has 9 nitrogen and oxygen atoms in total. The maximum atomic E-state index is 12.6. The van der Waals surface area contributed by atoms with Crippen LogP contribution in [0.4, 0.5) is 4.79 Å². The molecule has 0 aromatic carbocycles. The predicted octanol–water partition coefficient (Wildman–Crippen LogP) is 2.31. The number of likely N-dealkylation sites (tertiary alicyclic amines) is 4. The molecule has 1 aromatic rings. The lowest BCUT2D eigenvalue weighted by Crippen LogP contribution is -2.64. The minimum atomic E-state index is -0.164. The Morgan fingerprint density at radius 3 is 1.97 bits per heavy atom. The fraction of sp³-hybridized carbons (Fsp3) is 0.750. The highest BCUT2D eigenvalue weighted by Crippen LogP contribution is 2.40. The molecule has 33 heavy (non-hydrogen) atoms. The van der Waals surface area contributed by atoms with E-state index in [4.69, 9.17) is 10.5 Å². The number of carbonyl (C=O) groups excluding carboxylic acids is 1.